The fourth-order valence-electron chi connectivity index (χ4n) is 2.30. The molecule has 0 aliphatic heterocycles. The van der Waals surface area contributed by atoms with Crippen molar-refractivity contribution in [1.82, 2.24) is 0 Å². The summed E-state index contributed by atoms with van der Waals surface area (Å²) >= 11 is 0. The Bertz CT molecular complexity index is 599. The Morgan fingerprint density at radius 2 is 1.79 bits per heavy atom. The van der Waals surface area contributed by atoms with Crippen molar-refractivity contribution in [2.24, 2.45) is 5.92 Å². The molecule has 100 valence electrons. The fourth-order valence-corrected chi connectivity index (χ4v) is 2.30. The molecule has 0 saturated carbocycles. The zero-order chi connectivity index (χ0) is 14.0. The Morgan fingerprint density at radius 1 is 1.11 bits per heavy atom. The van der Waals surface area contributed by atoms with Crippen LogP contribution < -0.4 is 4.57 Å². The van der Waals surface area contributed by atoms with Crippen LogP contribution in [0.3, 0.4) is 0 Å². The van der Waals surface area contributed by atoms with E-state index in [0.29, 0.717) is 12.5 Å². The van der Waals surface area contributed by atoms with E-state index in [0.717, 1.165) is 5.52 Å². The van der Waals surface area contributed by atoms with Gasteiger partial charge in [-0.05, 0) is 17.5 Å². The Hall–Kier alpha value is -1.70. The lowest BCUT2D eigenvalue weighted by molar-refractivity contribution is -0.658. The predicted octanol–water partition coefficient (Wildman–Crippen LogP) is 3.48. The molecule has 0 unspecified atom stereocenters. The first-order valence-electron chi connectivity index (χ1n) is 6.94. The second kappa shape index (κ2) is 5.52. The van der Waals surface area contributed by atoms with E-state index in [4.69, 9.17) is 0 Å². The monoisotopic (exact) mass is 256 g/mol. The number of aromatic nitrogens is 1. The van der Waals surface area contributed by atoms with Crippen LogP contribution >= 0.6 is 0 Å². The lowest BCUT2D eigenvalue weighted by Gasteiger charge is -2.09. The van der Waals surface area contributed by atoms with Crippen molar-refractivity contribution in [3.63, 3.8) is 0 Å². The molecule has 1 aromatic heterocycles. The number of benzene rings is 1. The molecule has 0 amide bonds. The number of ketones is 1. The van der Waals surface area contributed by atoms with Gasteiger partial charge in [-0.3, -0.25) is 4.79 Å². The van der Waals surface area contributed by atoms with Gasteiger partial charge in [0.2, 0.25) is 12.1 Å². The number of carbonyl (C=O) groups excluding carboxylic acids is 1. The first-order chi connectivity index (χ1) is 9.00. The molecule has 0 bridgehead atoms. The molecule has 2 nitrogen and oxygen atoms in total. The molecule has 0 atom stereocenters. The van der Waals surface area contributed by atoms with Crippen LogP contribution in [0, 0.1) is 5.92 Å². The van der Waals surface area contributed by atoms with Crippen molar-refractivity contribution in [3.05, 3.63) is 42.1 Å². The van der Waals surface area contributed by atoms with Crippen LogP contribution in [0.2, 0.25) is 0 Å². The Morgan fingerprint density at radius 3 is 2.42 bits per heavy atom. The maximum atomic E-state index is 12.0. The summed E-state index contributed by atoms with van der Waals surface area (Å²) in [5, 5.41) is 1.25. The van der Waals surface area contributed by atoms with Crippen molar-refractivity contribution >= 4 is 16.7 Å². The molecule has 1 aromatic carbocycles. The molecule has 2 rings (SSSR count). The van der Waals surface area contributed by atoms with Crippen LogP contribution in [0.5, 0.6) is 0 Å². The molecule has 2 heteroatoms. The number of nitrogens with zero attached hydrogens (tertiary/aromatic N) is 1. The van der Waals surface area contributed by atoms with Gasteiger partial charge < -0.3 is 0 Å². The molecule has 0 aliphatic rings. The van der Waals surface area contributed by atoms with E-state index in [-0.39, 0.29) is 11.7 Å². The minimum Gasteiger partial charge on any atom is -0.292 e. The first kappa shape index (κ1) is 13.7. The number of hydrogen-bond donors (Lipinski definition) is 0. The van der Waals surface area contributed by atoms with Crippen LogP contribution in [-0.2, 0) is 11.3 Å². The van der Waals surface area contributed by atoms with Crippen molar-refractivity contribution in [1.29, 1.82) is 0 Å². The summed E-state index contributed by atoms with van der Waals surface area (Å²) in [4.78, 5) is 12.0. The Labute approximate surface area is 115 Å². The number of fused-ring (bicyclic) bond motifs is 1. The highest BCUT2D eigenvalue weighted by atomic mass is 16.1. The zero-order valence-corrected chi connectivity index (χ0v) is 12.2. The molecule has 0 aliphatic carbocycles. The summed E-state index contributed by atoms with van der Waals surface area (Å²) in [6, 6.07) is 10.5. The van der Waals surface area contributed by atoms with Crippen molar-refractivity contribution in [2.45, 2.75) is 40.2 Å². The quantitative estimate of drug-likeness (QED) is 0.767. The zero-order valence-electron chi connectivity index (χ0n) is 12.2. The molecule has 1 heterocycles. The van der Waals surface area contributed by atoms with Gasteiger partial charge in [0.15, 0.2) is 12.0 Å². The smallest absolute Gasteiger partial charge is 0.213 e. The third kappa shape index (κ3) is 2.83. The van der Waals surface area contributed by atoms with Gasteiger partial charge in [-0.25, -0.2) is 0 Å². The van der Waals surface area contributed by atoms with Gasteiger partial charge in [0.05, 0.1) is 0 Å². The molecule has 2 aromatic rings. The average Bonchev–Trinajstić information content (AvgIpc) is 2.38. The summed E-state index contributed by atoms with van der Waals surface area (Å²) in [6.07, 6.45) is 2.04. The van der Waals surface area contributed by atoms with Crippen LogP contribution in [0.4, 0.5) is 0 Å². The third-order valence-electron chi connectivity index (χ3n) is 3.55. The van der Waals surface area contributed by atoms with Gasteiger partial charge in [0.25, 0.3) is 0 Å². The van der Waals surface area contributed by atoms with Gasteiger partial charge in [-0.15, -0.1) is 0 Å². The van der Waals surface area contributed by atoms with E-state index in [1.807, 2.05) is 26.1 Å². The lowest BCUT2D eigenvalue weighted by atomic mass is 9.98. The molecule has 0 spiro atoms. The summed E-state index contributed by atoms with van der Waals surface area (Å²) < 4.78 is 2.06. The lowest BCUT2D eigenvalue weighted by Crippen LogP contribution is -2.40. The minimum atomic E-state index is 0.0797. The molecular weight excluding hydrogens is 234 g/mol. The SMILES string of the molecule is CC(C)C(=O)C[n+]1ccc(C(C)C)c2ccccc21. The Kier molecular flexibility index (Phi) is 3.98. The topological polar surface area (TPSA) is 20.9 Å². The summed E-state index contributed by atoms with van der Waals surface area (Å²) in [5.41, 5.74) is 2.48. The highest BCUT2D eigenvalue weighted by Gasteiger charge is 2.18. The largest absolute Gasteiger partial charge is 0.292 e. The minimum absolute atomic E-state index is 0.0797. The molecule has 0 radical (unpaired) electrons. The maximum absolute atomic E-state index is 12.0. The van der Waals surface area contributed by atoms with Crippen LogP contribution in [0.25, 0.3) is 10.9 Å². The highest BCUT2D eigenvalue weighted by molar-refractivity contribution is 5.82. The number of rotatable bonds is 4. The van der Waals surface area contributed by atoms with Crippen LogP contribution in [0.1, 0.15) is 39.2 Å². The number of Topliss-reactive ketones (excluding diaryl/α,β-unsaturated/α-hetero) is 1. The van der Waals surface area contributed by atoms with E-state index in [1.165, 1.54) is 10.9 Å². The highest BCUT2D eigenvalue weighted by Crippen LogP contribution is 2.22. The van der Waals surface area contributed by atoms with Gasteiger partial charge in [0.1, 0.15) is 0 Å². The second-order valence-electron chi connectivity index (χ2n) is 5.69. The standard InChI is InChI=1S/C17H22NO/c1-12(2)14-9-10-18(11-17(19)13(3)4)16-8-6-5-7-15(14)16/h5-10,12-13H,11H2,1-4H3/q+1. The van der Waals surface area contributed by atoms with E-state index >= 15 is 0 Å². The summed E-state index contributed by atoms with van der Waals surface area (Å²) in [6.45, 7) is 8.76. The van der Waals surface area contributed by atoms with E-state index in [9.17, 15) is 4.79 Å². The summed E-state index contributed by atoms with van der Waals surface area (Å²) in [7, 11) is 0. The number of carbonyl (C=O) groups is 1. The second-order valence-corrected chi connectivity index (χ2v) is 5.69. The van der Waals surface area contributed by atoms with Crippen LogP contribution in [0.15, 0.2) is 36.5 Å². The first-order valence-corrected chi connectivity index (χ1v) is 6.94. The van der Waals surface area contributed by atoms with Crippen molar-refractivity contribution in [3.8, 4) is 0 Å². The molecule has 0 N–H and O–H groups in total. The van der Waals surface area contributed by atoms with Gasteiger partial charge in [0, 0.05) is 23.4 Å². The molecule has 0 saturated heterocycles. The number of pyridine rings is 1. The average molecular weight is 256 g/mol. The predicted molar refractivity (Wildman–Crippen MR) is 78.1 cm³/mol. The van der Waals surface area contributed by atoms with E-state index < -0.39 is 0 Å². The maximum Gasteiger partial charge on any atom is 0.213 e. The number of hydrogen-bond acceptors (Lipinski definition) is 1. The third-order valence-corrected chi connectivity index (χ3v) is 3.55. The van der Waals surface area contributed by atoms with Gasteiger partial charge >= 0.3 is 0 Å². The van der Waals surface area contributed by atoms with Gasteiger partial charge in [-0.1, -0.05) is 39.8 Å². The van der Waals surface area contributed by atoms with E-state index in [2.05, 4.69) is 42.7 Å². The summed E-state index contributed by atoms with van der Waals surface area (Å²) in [5.74, 6) is 0.837. The normalized spacial score (nSPS) is 11.5. The molecule has 0 fully saturated rings. The number of para-hydroxylation sites is 1. The Balaban J connectivity index is 2.53. The van der Waals surface area contributed by atoms with Crippen molar-refractivity contribution in [2.75, 3.05) is 0 Å². The fraction of sp³-hybridized carbons (Fsp3) is 0.412. The van der Waals surface area contributed by atoms with Gasteiger partial charge in [-0.2, -0.15) is 4.57 Å². The molecule has 19 heavy (non-hydrogen) atoms. The van der Waals surface area contributed by atoms with Crippen LogP contribution in [-0.4, -0.2) is 5.78 Å². The van der Waals surface area contributed by atoms with Crippen molar-refractivity contribution < 1.29 is 9.36 Å². The molecular formula is C17H22NO+. The van der Waals surface area contributed by atoms with E-state index in [1.54, 1.807) is 0 Å².